The van der Waals surface area contributed by atoms with Crippen molar-refractivity contribution >= 4 is 45.2 Å². The standard InChI is InChI=1S/C9H6BrClN2O2/c10-8-5(11)2-1-3-6(8)13-4-7(14)12-9(13)15/h1-3H,4H2,(H,12,14,15). The van der Waals surface area contributed by atoms with E-state index >= 15 is 0 Å². The highest BCUT2D eigenvalue weighted by Gasteiger charge is 2.29. The monoisotopic (exact) mass is 288 g/mol. The summed E-state index contributed by atoms with van der Waals surface area (Å²) < 4.78 is 0.608. The molecular weight excluding hydrogens is 283 g/mol. The normalized spacial score (nSPS) is 15.7. The average Bonchev–Trinajstić information content (AvgIpc) is 2.50. The van der Waals surface area contributed by atoms with Crippen LogP contribution in [0.2, 0.25) is 5.02 Å². The van der Waals surface area contributed by atoms with Crippen molar-refractivity contribution in [1.82, 2.24) is 5.32 Å². The Labute approximate surface area is 99.3 Å². The number of nitrogens with one attached hydrogen (secondary N) is 1. The molecule has 0 aliphatic carbocycles. The van der Waals surface area contributed by atoms with Crippen molar-refractivity contribution < 1.29 is 9.59 Å². The van der Waals surface area contributed by atoms with Crippen molar-refractivity contribution in [2.75, 3.05) is 11.4 Å². The summed E-state index contributed by atoms with van der Waals surface area (Å²) in [7, 11) is 0. The highest BCUT2D eigenvalue weighted by molar-refractivity contribution is 9.10. The first-order valence-corrected chi connectivity index (χ1v) is 5.32. The van der Waals surface area contributed by atoms with Crippen LogP contribution in [-0.2, 0) is 4.79 Å². The second-order valence-corrected chi connectivity index (χ2v) is 4.21. The third-order valence-electron chi connectivity index (χ3n) is 2.02. The molecule has 2 rings (SSSR count). The molecule has 1 aromatic carbocycles. The second kappa shape index (κ2) is 3.83. The summed E-state index contributed by atoms with van der Waals surface area (Å²) in [6.45, 7) is 0.0256. The number of carbonyl (C=O) groups is 2. The highest BCUT2D eigenvalue weighted by atomic mass is 79.9. The van der Waals surface area contributed by atoms with E-state index in [4.69, 9.17) is 11.6 Å². The molecule has 1 fully saturated rings. The number of imide groups is 1. The number of urea groups is 1. The van der Waals surface area contributed by atoms with E-state index < -0.39 is 6.03 Å². The van der Waals surface area contributed by atoms with Crippen LogP contribution in [0, 0.1) is 0 Å². The zero-order valence-electron chi connectivity index (χ0n) is 7.46. The predicted molar refractivity (Wildman–Crippen MR) is 60.0 cm³/mol. The first kappa shape index (κ1) is 10.4. The van der Waals surface area contributed by atoms with Crippen molar-refractivity contribution in [2.24, 2.45) is 0 Å². The smallest absolute Gasteiger partial charge is 0.284 e. The Morgan fingerprint density at radius 2 is 2.13 bits per heavy atom. The number of amides is 3. The van der Waals surface area contributed by atoms with Crippen LogP contribution in [0.1, 0.15) is 0 Å². The molecule has 78 valence electrons. The Balaban J connectivity index is 2.42. The molecule has 0 saturated carbocycles. The van der Waals surface area contributed by atoms with Gasteiger partial charge in [-0.15, -0.1) is 0 Å². The van der Waals surface area contributed by atoms with E-state index in [-0.39, 0.29) is 12.5 Å². The molecule has 1 aromatic rings. The molecule has 3 amide bonds. The van der Waals surface area contributed by atoms with E-state index in [0.29, 0.717) is 15.2 Å². The van der Waals surface area contributed by atoms with Crippen LogP contribution < -0.4 is 10.2 Å². The largest absolute Gasteiger partial charge is 0.329 e. The molecule has 0 radical (unpaired) electrons. The average molecular weight is 290 g/mol. The van der Waals surface area contributed by atoms with E-state index in [0.717, 1.165) is 0 Å². The number of rotatable bonds is 1. The Hall–Kier alpha value is -1.07. The van der Waals surface area contributed by atoms with Gasteiger partial charge in [0.05, 0.1) is 15.2 Å². The van der Waals surface area contributed by atoms with Crippen LogP contribution in [0.15, 0.2) is 22.7 Å². The van der Waals surface area contributed by atoms with Gasteiger partial charge in [0.1, 0.15) is 6.54 Å². The Bertz CT molecular complexity index is 450. The van der Waals surface area contributed by atoms with E-state index in [1.807, 2.05) is 0 Å². The van der Waals surface area contributed by atoms with Gasteiger partial charge in [0.15, 0.2) is 0 Å². The summed E-state index contributed by atoms with van der Waals surface area (Å²) in [4.78, 5) is 23.7. The Morgan fingerprint density at radius 3 is 2.73 bits per heavy atom. The maximum Gasteiger partial charge on any atom is 0.329 e. The lowest BCUT2D eigenvalue weighted by Crippen LogP contribution is -2.28. The van der Waals surface area contributed by atoms with Crippen LogP contribution >= 0.6 is 27.5 Å². The predicted octanol–water partition coefficient (Wildman–Crippen LogP) is 2.16. The molecule has 0 unspecified atom stereocenters. The number of nitrogens with zero attached hydrogens (tertiary/aromatic N) is 1. The van der Waals surface area contributed by atoms with Gasteiger partial charge < -0.3 is 0 Å². The minimum atomic E-state index is -0.428. The van der Waals surface area contributed by atoms with Gasteiger partial charge in [0, 0.05) is 0 Å². The van der Waals surface area contributed by atoms with E-state index in [2.05, 4.69) is 21.2 Å². The molecule has 1 aliphatic heterocycles. The lowest BCUT2D eigenvalue weighted by molar-refractivity contribution is -0.117. The lowest BCUT2D eigenvalue weighted by atomic mass is 10.3. The molecular formula is C9H6BrClN2O2. The van der Waals surface area contributed by atoms with Gasteiger partial charge in [-0.05, 0) is 28.1 Å². The van der Waals surface area contributed by atoms with Gasteiger partial charge in [0.2, 0.25) is 5.91 Å². The van der Waals surface area contributed by atoms with Crippen LogP contribution in [0.4, 0.5) is 10.5 Å². The molecule has 4 nitrogen and oxygen atoms in total. The van der Waals surface area contributed by atoms with Gasteiger partial charge in [-0.1, -0.05) is 17.7 Å². The summed E-state index contributed by atoms with van der Waals surface area (Å²) in [5, 5.41) is 2.70. The molecule has 0 bridgehead atoms. The summed E-state index contributed by atoms with van der Waals surface area (Å²) in [5.41, 5.74) is 0.589. The summed E-state index contributed by atoms with van der Waals surface area (Å²) in [6.07, 6.45) is 0. The molecule has 6 heteroatoms. The van der Waals surface area contributed by atoms with Gasteiger partial charge in [-0.25, -0.2) is 4.79 Å². The number of benzene rings is 1. The van der Waals surface area contributed by atoms with Gasteiger partial charge >= 0.3 is 6.03 Å². The SMILES string of the molecule is O=C1CN(c2cccc(Cl)c2Br)C(=O)N1. The van der Waals surface area contributed by atoms with Gasteiger partial charge in [-0.3, -0.25) is 15.0 Å². The Kier molecular flexibility index (Phi) is 2.67. The van der Waals surface area contributed by atoms with E-state index in [9.17, 15) is 9.59 Å². The van der Waals surface area contributed by atoms with Gasteiger partial charge in [-0.2, -0.15) is 0 Å². The summed E-state index contributed by atoms with van der Waals surface area (Å²) >= 11 is 9.16. The zero-order valence-corrected chi connectivity index (χ0v) is 9.80. The van der Waals surface area contributed by atoms with Crippen LogP contribution in [0.3, 0.4) is 0 Å². The number of anilines is 1. The first-order valence-electron chi connectivity index (χ1n) is 4.15. The van der Waals surface area contributed by atoms with Crippen molar-refractivity contribution in [3.63, 3.8) is 0 Å². The molecule has 15 heavy (non-hydrogen) atoms. The molecule has 0 aromatic heterocycles. The third kappa shape index (κ3) is 1.85. The van der Waals surface area contributed by atoms with Crippen molar-refractivity contribution in [3.8, 4) is 0 Å². The lowest BCUT2D eigenvalue weighted by Gasteiger charge is -2.15. The highest BCUT2D eigenvalue weighted by Crippen LogP contribution is 2.33. The molecule has 0 atom stereocenters. The fourth-order valence-corrected chi connectivity index (χ4v) is 1.99. The van der Waals surface area contributed by atoms with Crippen LogP contribution in [-0.4, -0.2) is 18.5 Å². The quantitative estimate of drug-likeness (QED) is 0.806. The maximum atomic E-state index is 11.4. The van der Waals surface area contributed by atoms with Gasteiger partial charge in [0.25, 0.3) is 0 Å². The second-order valence-electron chi connectivity index (χ2n) is 3.01. The number of hydrogen-bond acceptors (Lipinski definition) is 2. The van der Waals surface area contributed by atoms with Crippen molar-refractivity contribution in [3.05, 3.63) is 27.7 Å². The van der Waals surface area contributed by atoms with E-state index in [1.165, 1.54) is 4.90 Å². The molecule has 1 aliphatic rings. The molecule has 1 saturated heterocycles. The number of hydrogen-bond donors (Lipinski definition) is 1. The minimum Gasteiger partial charge on any atom is -0.284 e. The molecule has 0 spiro atoms. The fraction of sp³-hybridized carbons (Fsp3) is 0.111. The van der Waals surface area contributed by atoms with E-state index in [1.54, 1.807) is 18.2 Å². The minimum absolute atomic E-state index is 0.0256. The molecule has 1 heterocycles. The number of carbonyl (C=O) groups excluding carboxylic acids is 2. The molecule has 1 N–H and O–H groups in total. The fourth-order valence-electron chi connectivity index (χ4n) is 1.34. The first-order chi connectivity index (χ1) is 7.09. The van der Waals surface area contributed by atoms with Crippen LogP contribution in [0.5, 0.6) is 0 Å². The zero-order chi connectivity index (χ0) is 11.0. The van der Waals surface area contributed by atoms with Crippen molar-refractivity contribution in [2.45, 2.75) is 0 Å². The summed E-state index contributed by atoms with van der Waals surface area (Å²) in [6, 6.07) is 4.71. The topological polar surface area (TPSA) is 49.4 Å². The number of halogens is 2. The van der Waals surface area contributed by atoms with Crippen LogP contribution in [0.25, 0.3) is 0 Å². The Morgan fingerprint density at radius 1 is 1.40 bits per heavy atom. The maximum absolute atomic E-state index is 11.4. The van der Waals surface area contributed by atoms with Crippen molar-refractivity contribution in [1.29, 1.82) is 0 Å². The summed E-state index contributed by atoms with van der Waals surface area (Å²) in [5.74, 6) is -0.313. The third-order valence-corrected chi connectivity index (χ3v) is 3.39.